The number of rotatable bonds is 6. The fourth-order valence-electron chi connectivity index (χ4n) is 5.22. The van der Waals surface area contributed by atoms with Crippen molar-refractivity contribution in [1.29, 1.82) is 0 Å². The number of phenols is 2. The van der Waals surface area contributed by atoms with Crippen molar-refractivity contribution in [2.24, 2.45) is 9.98 Å². The minimum Gasteiger partial charge on any atom is -0.507 e. The maximum atomic E-state index is 11.3. The fraction of sp³-hybridized carbons (Fsp3) is 0.381. The van der Waals surface area contributed by atoms with Crippen molar-refractivity contribution in [3.63, 3.8) is 0 Å². The summed E-state index contributed by atoms with van der Waals surface area (Å²) in [6, 6.07) is 23.4. The second-order valence-corrected chi connectivity index (χ2v) is 16.5. The van der Waals surface area contributed by atoms with Gasteiger partial charge in [-0.15, -0.1) is 0 Å². The zero-order chi connectivity index (χ0) is 34.9. The number of aliphatic imine (C=N–C) groups is 2. The van der Waals surface area contributed by atoms with Crippen molar-refractivity contribution < 1.29 is 14.9 Å². The van der Waals surface area contributed by atoms with Gasteiger partial charge >= 0.3 is 0 Å². The van der Waals surface area contributed by atoms with Crippen LogP contribution in [-0.2, 0) is 21.7 Å². The molecular formula is C42H52N2O3. The Labute approximate surface area is 282 Å². The predicted octanol–water partition coefficient (Wildman–Crippen LogP) is 11.6. The van der Waals surface area contributed by atoms with Crippen molar-refractivity contribution in [2.45, 2.75) is 105 Å². The standard InChI is InChI=1S/C42H52N2O3/c1-39(2,3)29-21-27(37(45)31(23-29)41(7,8)9)25-43-33-17-13-15-19-35(33)47-36-20-16-14-18-34(36)44-26-28-22-30(40(4,5)6)24-32(38(28)46)42(10,11)12/h13-26,45-46H,1-12H3. The van der Waals surface area contributed by atoms with E-state index in [1.54, 1.807) is 12.4 Å². The Bertz CT molecular complexity index is 1670. The van der Waals surface area contributed by atoms with E-state index in [0.717, 1.165) is 22.3 Å². The molecule has 0 saturated heterocycles. The average Bonchev–Trinajstić information content (AvgIpc) is 2.95. The van der Waals surface area contributed by atoms with Gasteiger partial charge in [0.1, 0.15) is 22.9 Å². The molecule has 0 unspecified atom stereocenters. The lowest BCUT2D eigenvalue weighted by Crippen LogP contribution is -2.17. The Kier molecular flexibility index (Phi) is 9.83. The average molecular weight is 633 g/mol. The van der Waals surface area contributed by atoms with Crippen LogP contribution in [0.4, 0.5) is 11.4 Å². The van der Waals surface area contributed by atoms with E-state index >= 15 is 0 Å². The summed E-state index contributed by atoms with van der Waals surface area (Å²) < 4.78 is 6.44. The van der Waals surface area contributed by atoms with Gasteiger partial charge in [0.15, 0.2) is 11.5 Å². The number of ether oxygens (including phenoxy) is 1. The highest BCUT2D eigenvalue weighted by Gasteiger charge is 2.26. The van der Waals surface area contributed by atoms with Gasteiger partial charge in [-0.3, -0.25) is 9.98 Å². The molecule has 0 radical (unpaired) electrons. The van der Waals surface area contributed by atoms with E-state index in [1.165, 1.54) is 0 Å². The fourth-order valence-corrected chi connectivity index (χ4v) is 5.22. The summed E-state index contributed by atoms with van der Waals surface area (Å²) in [5.41, 5.74) is 5.93. The van der Waals surface area contributed by atoms with E-state index in [1.807, 2.05) is 60.7 Å². The molecule has 5 heteroatoms. The molecule has 0 bridgehead atoms. The molecule has 0 amide bonds. The molecule has 0 fully saturated rings. The number of para-hydroxylation sites is 4. The normalized spacial score (nSPS) is 13.1. The maximum absolute atomic E-state index is 11.3. The zero-order valence-electron chi connectivity index (χ0n) is 30.3. The number of aromatic hydroxyl groups is 2. The van der Waals surface area contributed by atoms with Crippen LogP contribution in [0.1, 0.15) is 116 Å². The highest BCUT2D eigenvalue weighted by atomic mass is 16.5. The Balaban J connectivity index is 1.72. The lowest BCUT2D eigenvalue weighted by Gasteiger charge is -2.27. The number of nitrogens with zero attached hydrogens (tertiary/aromatic N) is 2. The van der Waals surface area contributed by atoms with Crippen LogP contribution in [0.15, 0.2) is 82.8 Å². The second-order valence-electron chi connectivity index (χ2n) is 16.5. The van der Waals surface area contributed by atoms with Crippen LogP contribution in [0, 0.1) is 0 Å². The Morgan fingerprint density at radius 1 is 0.489 bits per heavy atom. The van der Waals surface area contributed by atoms with Crippen molar-refractivity contribution in [3.05, 3.63) is 106 Å². The molecule has 0 aromatic heterocycles. The van der Waals surface area contributed by atoms with Gasteiger partial charge in [0.25, 0.3) is 0 Å². The van der Waals surface area contributed by atoms with Crippen molar-refractivity contribution in [2.75, 3.05) is 0 Å². The quantitative estimate of drug-likeness (QED) is 0.208. The molecule has 47 heavy (non-hydrogen) atoms. The molecule has 2 N–H and O–H groups in total. The zero-order valence-corrected chi connectivity index (χ0v) is 30.3. The lowest BCUT2D eigenvalue weighted by molar-refractivity contribution is 0.443. The molecule has 0 heterocycles. The van der Waals surface area contributed by atoms with E-state index < -0.39 is 0 Å². The SMILES string of the molecule is CC(C)(C)c1cc(C=Nc2ccccc2Oc2ccccc2N=Cc2cc(C(C)(C)C)cc(C(C)(C)C)c2O)c(O)c(C(C)(C)C)c1. The van der Waals surface area contributed by atoms with Gasteiger partial charge in [0, 0.05) is 34.7 Å². The molecule has 0 atom stereocenters. The summed E-state index contributed by atoms with van der Waals surface area (Å²) in [7, 11) is 0. The molecule has 0 aliphatic rings. The monoisotopic (exact) mass is 632 g/mol. The van der Waals surface area contributed by atoms with E-state index in [9.17, 15) is 10.2 Å². The van der Waals surface area contributed by atoms with Gasteiger partial charge in [-0.2, -0.15) is 0 Å². The minimum atomic E-state index is -0.238. The summed E-state index contributed by atoms with van der Waals surface area (Å²) in [6.07, 6.45) is 3.42. The number of hydrogen-bond donors (Lipinski definition) is 2. The van der Waals surface area contributed by atoms with Gasteiger partial charge in [-0.05, 0) is 69.2 Å². The van der Waals surface area contributed by atoms with Crippen LogP contribution in [0.5, 0.6) is 23.0 Å². The molecular weight excluding hydrogens is 580 g/mol. The van der Waals surface area contributed by atoms with Crippen LogP contribution in [0.3, 0.4) is 0 Å². The van der Waals surface area contributed by atoms with Crippen molar-refractivity contribution in [3.8, 4) is 23.0 Å². The molecule has 0 spiro atoms. The highest BCUT2D eigenvalue weighted by Crippen LogP contribution is 2.41. The van der Waals surface area contributed by atoms with Crippen LogP contribution < -0.4 is 4.74 Å². The number of phenolic OH excluding ortho intramolecular Hbond substituents is 2. The van der Waals surface area contributed by atoms with E-state index in [2.05, 4.69) is 95.2 Å². The maximum Gasteiger partial charge on any atom is 0.153 e. The lowest BCUT2D eigenvalue weighted by atomic mass is 9.79. The van der Waals surface area contributed by atoms with E-state index in [0.29, 0.717) is 34.0 Å². The molecule has 4 aromatic rings. The second kappa shape index (κ2) is 13.0. The third-order valence-corrected chi connectivity index (χ3v) is 8.26. The Hall–Kier alpha value is -4.38. The third-order valence-electron chi connectivity index (χ3n) is 8.26. The molecule has 0 saturated carbocycles. The first-order valence-electron chi connectivity index (χ1n) is 16.4. The molecule has 0 aliphatic carbocycles. The van der Waals surface area contributed by atoms with E-state index in [-0.39, 0.29) is 33.2 Å². The molecule has 248 valence electrons. The smallest absolute Gasteiger partial charge is 0.153 e. The number of hydrogen-bond acceptors (Lipinski definition) is 5. The van der Waals surface area contributed by atoms with E-state index in [4.69, 9.17) is 14.7 Å². The largest absolute Gasteiger partial charge is 0.507 e. The topological polar surface area (TPSA) is 74.4 Å². The molecule has 5 nitrogen and oxygen atoms in total. The molecule has 0 aliphatic heterocycles. The summed E-state index contributed by atoms with van der Waals surface area (Å²) >= 11 is 0. The molecule has 4 rings (SSSR count). The summed E-state index contributed by atoms with van der Waals surface area (Å²) in [5, 5.41) is 22.5. The van der Waals surface area contributed by atoms with Crippen LogP contribution >= 0.6 is 0 Å². The minimum absolute atomic E-state index is 0.0965. The summed E-state index contributed by atoms with van der Waals surface area (Å²) in [4.78, 5) is 9.60. The number of benzene rings is 4. The Morgan fingerprint density at radius 2 is 0.830 bits per heavy atom. The van der Waals surface area contributed by atoms with Gasteiger partial charge in [0.2, 0.25) is 0 Å². The summed E-state index contributed by atoms with van der Waals surface area (Å²) in [5.74, 6) is 1.59. The van der Waals surface area contributed by atoms with Gasteiger partial charge in [0.05, 0.1) is 0 Å². The van der Waals surface area contributed by atoms with Crippen molar-refractivity contribution in [1.82, 2.24) is 0 Å². The molecule has 4 aromatic carbocycles. The highest BCUT2D eigenvalue weighted by molar-refractivity contribution is 5.88. The predicted molar refractivity (Wildman–Crippen MR) is 198 cm³/mol. The van der Waals surface area contributed by atoms with Crippen LogP contribution in [-0.4, -0.2) is 22.6 Å². The van der Waals surface area contributed by atoms with Gasteiger partial charge < -0.3 is 14.9 Å². The first-order valence-corrected chi connectivity index (χ1v) is 16.4. The van der Waals surface area contributed by atoms with Crippen molar-refractivity contribution >= 4 is 23.8 Å². The van der Waals surface area contributed by atoms with Crippen LogP contribution in [0.2, 0.25) is 0 Å². The first-order chi connectivity index (χ1) is 21.7. The third kappa shape index (κ3) is 8.51. The summed E-state index contributed by atoms with van der Waals surface area (Å²) in [6.45, 7) is 25.6. The van der Waals surface area contributed by atoms with Gasteiger partial charge in [-0.25, -0.2) is 0 Å². The first kappa shape index (κ1) is 35.5. The van der Waals surface area contributed by atoms with Gasteiger partial charge in [-0.1, -0.05) is 119 Å². The van der Waals surface area contributed by atoms with Crippen LogP contribution in [0.25, 0.3) is 0 Å². The Morgan fingerprint density at radius 3 is 1.15 bits per heavy atom.